The van der Waals surface area contributed by atoms with Gasteiger partial charge in [-0.25, -0.2) is 0 Å². The molecule has 6 nitrogen and oxygen atoms in total. The van der Waals surface area contributed by atoms with E-state index in [-0.39, 0.29) is 24.4 Å². The monoisotopic (exact) mass is 422 g/mol. The summed E-state index contributed by atoms with van der Waals surface area (Å²) in [7, 11) is 3.66. The third-order valence-corrected chi connectivity index (χ3v) is 5.78. The quantitative estimate of drug-likeness (QED) is 0.773. The molecule has 1 aliphatic heterocycles. The number of carbonyl (C=O) groups excluding carboxylic acids is 2. The molecule has 1 atom stereocenters. The summed E-state index contributed by atoms with van der Waals surface area (Å²) in [5.41, 5.74) is 1.76. The van der Waals surface area contributed by atoms with Crippen molar-refractivity contribution in [2.75, 3.05) is 32.0 Å². The molecule has 0 bridgehead atoms. The Hall–Kier alpha value is -2.02. The zero-order chi connectivity index (χ0) is 20.3. The Morgan fingerprint density at radius 1 is 1.25 bits per heavy atom. The van der Waals surface area contributed by atoms with Crippen LogP contribution in [-0.4, -0.2) is 52.9 Å². The number of amides is 2. The van der Waals surface area contributed by atoms with Gasteiger partial charge in [-0.3, -0.25) is 14.5 Å². The van der Waals surface area contributed by atoms with Gasteiger partial charge in [0.1, 0.15) is 0 Å². The molecule has 1 aromatic heterocycles. The Bertz CT molecular complexity index is 868. The van der Waals surface area contributed by atoms with Gasteiger partial charge in [-0.1, -0.05) is 23.2 Å². The summed E-state index contributed by atoms with van der Waals surface area (Å²) >= 11 is 11.8. The zero-order valence-corrected chi connectivity index (χ0v) is 17.5. The normalized spacial score (nSPS) is 16.9. The average molecular weight is 423 g/mol. The highest BCUT2D eigenvalue weighted by Crippen LogP contribution is 2.31. The van der Waals surface area contributed by atoms with Gasteiger partial charge < -0.3 is 14.8 Å². The average Bonchev–Trinajstić information content (AvgIpc) is 3.26. The minimum absolute atomic E-state index is 0.0261. The Labute approximate surface area is 175 Å². The molecule has 0 unspecified atom stereocenters. The molecule has 1 fully saturated rings. The number of hydrogen-bond acceptors (Lipinski definition) is 3. The first-order valence-corrected chi connectivity index (χ1v) is 9.95. The van der Waals surface area contributed by atoms with E-state index in [0.29, 0.717) is 22.3 Å². The van der Waals surface area contributed by atoms with E-state index >= 15 is 0 Å². The molecular formula is C20H24Cl2N4O2. The number of hydrogen-bond donors (Lipinski definition) is 1. The first kappa shape index (κ1) is 20.7. The van der Waals surface area contributed by atoms with Crippen molar-refractivity contribution in [3.8, 4) is 0 Å². The highest BCUT2D eigenvalue weighted by atomic mass is 35.5. The van der Waals surface area contributed by atoms with Crippen LogP contribution in [-0.2, 0) is 16.6 Å². The number of likely N-dealkylation sites (tertiary alicyclic amines) is 1. The van der Waals surface area contributed by atoms with E-state index in [0.717, 1.165) is 19.4 Å². The molecule has 1 N–H and O–H groups in total. The van der Waals surface area contributed by atoms with Crippen LogP contribution >= 0.6 is 23.2 Å². The number of nitrogens with zero attached hydrogens (tertiary/aromatic N) is 3. The maximum absolute atomic E-state index is 12.6. The fraction of sp³-hybridized carbons (Fsp3) is 0.400. The largest absolute Gasteiger partial charge is 0.353 e. The topological polar surface area (TPSA) is 57.6 Å². The van der Waals surface area contributed by atoms with Crippen molar-refractivity contribution in [2.45, 2.75) is 18.9 Å². The van der Waals surface area contributed by atoms with Gasteiger partial charge in [-0.2, -0.15) is 0 Å². The van der Waals surface area contributed by atoms with Crippen LogP contribution in [0.5, 0.6) is 0 Å². The lowest BCUT2D eigenvalue weighted by atomic mass is 10.1. The Balaban J connectivity index is 1.54. The van der Waals surface area contributed by atoms with Crippen molar-refractivity contribution >= 4 is 40.7 Å². The number of carbonyl (C=O) groups is 2. The van der Waals surface area contributed by atoms with Gasteiger partial charge in [0.25, 0.3) is 0 Å². The molecular weight excluding hydrogens is 399 g/mol. The van der Waals surface area contributed by atoms with Crippen molar-refractivity contribution in [1.29, 1.82) is 0 Å². The second kappa shape index (κ2) is 8.99. The zero-order valence-electron chi connectivity index (χ0n) is 16.0. The van der Waals surface area contributed by atoms with Gasteiger partial charge in [0.05, 0.1) is 29.2 Å². The number of aromatic nitrogens is 1. The molecule has 1 aliphatic rings. The van der Waals surface area contributed by atoms with Gasteiger partial charge in [0.2, 0.25) is 11.8 Å². The number of benzene rings is 1. The third-order valence-electron chi connectivity index (χ3n) is 5.04. The van der Waals surface area contributed by atoms with Gasteiger partial charge in [-0.15, -0.1) is 0 Å². The number of anilines is 1. The number of nitrogens with one attached hydrogen (secondary N) is 1. The smallest absolute Gasteiger partial charge is 0.243 e. The van der Waals surface area contributed by atoms with Crippen LogP contribution in [0, 0.1) is 0 Å². The van der Waals surface area contributed by atoms with Gasteiger partial charge in [0, 0.05) is 31.7 Å². The van der Waals surface area contributed by atoms with Crippen LogP contribution in [0.1, 0.15) is 24.6 Å². The molecule has 150 valence electrons. The van der Waals surface area contributed by atoms with Gasteiger partial charge >= 0.3 is 0 Å². The molecule has 0 saturated carbocycles. The van der Waals surface area contributed by atoms with Crippen LogP contribution in [0.3, 0.4) is 0 Å². The SMILES string of the molecule is CN(CC(=O)Nc1ccc(Cl)c(Cl)c1)C(=O)CN1CCC[C@H]1c1cccn1C. The Morgan fingerprint density at radius 2 is 2.04 bits per heavy atom. The van der Waals surface area contributed by atoms with Gasteiger partial charge in [-0.05, 0) is 49.7 Å². The molecule has 0 aliphatic carbocycles. The van der Waals surface area contributed by atoms with E-state index in [1.54, 1.807) is 25.2 Å². The minimum Gasteiger partial charge on any atom is -0.353 e. The predicted molar refractivity (Wildman–Crippen MR) is 112 cm³/mol. The molecule has 2 heterocycles. The van der Waals surface area contributed by atoms with Crippen molar-refractivity contribution < 1.29 is 9.59 Å². The minimum atomic E-state index is -0.283. The lowest BCUT2D eigenvalue weighted by molar-refractivity contribution is -0.134. The van der Waals surface area contributed by atoms with Crippen molar-refractivity contribution in [1.82, 2.24) is 14.4 Å². The number of aryl methyl sites for hydroxylation is 1. The number of likely N-dealkylation sites (N-methyl/N-ethyl adjacent to an activating group) is 1. The summed E-state index contributed by atoms with van der Waals surface area (Å²) in [6.07, 6.45) is 4.12. The van der Waals surface area contributed by atoms with E-state index in [1.807, 2.05) is 19.3 Å². The van der Waals surface area contributed by atoms with Crippen LogP contribution in [0.25, 0.3) is 0 Å². The van der Waals surface area contributed by atoms with E-state index in [9.17, 15) is 9.59 Å². The van der Waals surface area contributed by atoms with E-state index in [1.165, 1.54) is 10.6 Å². The van der Waals surface area contributed by atoms with Crippen molar-refractivity contribution in [2.24, 2.45) is 7.05 Å². The first-order chi connectivity index (χ1) is 13.3. The molecule has 0 spiro atoms. The molecule has 3 rings (SSSR count). The van der Waals surface area contributed by atoms with Crippen LogP contribution in [0.4, 0.5) is 5.69 Å². The Kier molecular flexibility index (Phi) is 6.65. The lowest BCUT2D eigenvalue weighted by Crippen LogP contribution is -2.41. The van der Waals surface area contributed by atoms with Gasteiger partial charge in [0.15, 0.2) is 0 Å². The maximum Gasteiger partial charge on any atom is 0.243 e. The summed E-state index contributed by atoms with van der Waals surface area (Å²) in [6.45, 7) is 1.15. The molecule has 0 radical (unpaired) electrons. The predicted octanol–water partition coefficient (Wildman–Crippen LogP) is 3.57. The maximum atomic E-state index is 12.6. The van der Waals surface area contributed by atoms with E-state index < -0.39 is 0 Å². The molecule has 8 heteroatoms. The van der Waals surface area contributed by atoms with Crippen molar-refractivity contribution in [3.05, 3.63) is 52.3 Å². The second-order valence-corrected chi connectivity index (χ2v) is 7.91. The molecule has 2 amide bonds. The number of rotatable bonds is 6. The lowest BCUT2D eigenvalue weighted by Gasteiger charge is -2.26. The highest BCUT2D eigenvalue weighted by molar-refractivity contribution is 6.42. The second-order valence-electron chi connectivity index (χ2n) is 7.10. The first-order valence-electron chi connectivity index (χ1n) is 9.19. The summed E-state index contributed by atoms with van der Waals surface area (Å²) in [6, 6.07) is 9.23. The van der Waals surface area contributed by atoms with Crippen molar-refractivity contribution in [3.63, 3.8) is 0 Å². The molecule has 2 aromatic rings. The molecule has 28 heavy (non-hydrogen) atoms. The Morgan fingerprint density at radius 3 is 2.71 bits per heavy atom. The number of halogens is 2. The molecule has 1 aromatic carbocycles. The fourth-order valence-corrected chi connectivity index (χ4v) is 3.84. The molecule has 1 saturated heterocycles. The summed E-state index contributed by atoms with van der Waals surface area (Å²) in [5, 5.41) is 3.52. The van der Waals surface area contributed by atoms with Crippen LogP contribution in [0.15, 0.2) is 36.5 Å². The van der Waals surface area contributed by atoms with E-state index in [2.05, 4.69) is 20.9 Å². The third kappa shape index (κ3) is 4.87. The summed E-state index contributed by atoms with van der Waals surface area (Å²) in [4.78, 5) is 28.5. The summed E-state index contributed by atoms with van der Waals surface area (Å²) in [5.74, 6) is -0.361. The highest BCUT2D eigenvalue weighted by Gasteiger charge is 2.30. The fourth-order valence-electron chi connectivity index (χ4n) is 3.54. The van der Waals surface area contributed by atoms with Crippen LogP contribution < -0.4 is 5.32 Å². The van der Waals surface area contributed by atoms with Crippen LogP contribution in [0.2, 0.25) is 10.0 Å². The standard InChI is InChI=1S/C20H24Cl2N4O2/c1-24-9-3-5-17(24)18-6-4-10-26(18)13-20(28)25(2)12-19(27)23-14-7-8-15(21)16(22)11-14/h3,5,7-9,11,18H,4,6,10,12-13H2,1-2H3,(H,23,27)/t18-/m0/s1. The summed E-state index contributed by atoms with van der Waals surface area (Å²) < 4.78 is 2.10. The van der Waals surface area contributed by atoms with E-state index in [4.69, 9.17) is 23.2 Å².